The van der Waals surface area contributed by atoms with Gasteiger partial charge in [0, 0.05) is 42.0 Å². The molecule has 0 spiro atoms. The Morgan fingerprint density at radius 3 is 2.75 bits per heavy atom. The summed E-state index contributed by atoms with van der Waals surface area (Å²) in [6.45, 7) is 9.56. The van der Waals surface area contributed by atoms with E-state index in [4.69, 9.17) is 0 Å². The van der Waals surface area contributed by atoms with E-state index in [1.165, 1.54) is 33.2 Å². The van der Waals surface area contributed by atoms with Crippen molar-refractivity contribution in [2.75, 3.05) is 13.1 Å². The third-order valence-corrected chi connectivity index (χ3v) is 7.12. The summed E-state index contributed by atoms with van der Waals surface area (Å²) >= 11 is 0. The van der Waals surface area contributed by atoms with Crippen LogP contribution in [0.1, 0.15) is 60.7 Å². The fourth-order valence-corrected chi connectivity index (χ4v) is 5.17. The molecular weight excluding hydrogens is 400 g/mol. The van der Waals surface area contributed by atoms with Gasteiger partial charge in [-0.25, -0.2) is 4.98 Å². The maximum Gasteiger partial charge on any atom is 0.254 e. The van der Waals surface area contributed by atoms with Crippen molar-refractivity contribution < 1.29 is 9.90 Å². The maximum absolute atomic E-state index is 12.8. The summed E-state index contributed by atoms with van der Waals surface area (Å²) in [5.74, 6) is -0.203. The Morgan fingerprint density at radius 1 is 1.22 bits per heavy atom. The molecule has 0 unspecified atom stereocenters. The Kier molecular flexibility index (Phi) is 5.10. The van der Waals surface area contributed by atoms with E-state index in [9.17, 15) is 9.90 Å². The van der Waals surface area contributed by atoms with Gasteiger partial charge in [-0.1, -0.05) is 6.07 Å². The molecule has 0 saturated carbocycles. The number of rotatable bonds is 3. The van der Waals surface area contributed by atoms with E-state index in [0.29, 0.717) is 19.1 Å². The number of aromatic amines is 1. The van der Waals surface area contributed by atoms with Crippen LogP contribution in [-0.2, 0) is 17.8 Å². The van der Waals surface area contributed by atoms with E-state index in [1.54, 1.807) is 18.7 Å². The van der Waals surface area contributed by atoms with Gasteiger partial charge in [0.05, 0.1) is 0 Å². The fourth-order valence-electron chi connectivity index (χ4n) is 5.17. The van der Waals surface area contributed by atoms with E-state index >= 15 is 0 Å². The number of nitrogens with zero attached hydrogens (tertiary/aromatic N) is 2. The van der Waals surface area contributed by atoms with Gasteiger partial charge in [0.1, 0.15) is 11.2 Å². The highest BCUT2D eigenvalue weighted by atomic mass is 16.3. The SMILES string of the molecule is Cc1[nH]c2ncc(-c3cc4c(c([C@@H]5CCCN5)c3)CN(C(=O)C(C)(C)O)CC4)cc2c1C. The van der Waals surface area contributed by atoms with Crippen molar-refractivity contribution >= 4 is 16.9 Å². The average molecular weight is 433 g/mol. The van der Waals surface area contributed by atoms with Crippen molar-refractivity contribution in [3.63, 3.8) is 0 Å². The Morgan fingerprint density at radius 2 is 2.03 bits per heavy atom. The van der Waals surface area contributed by atoms with Crippen molar-refractivity contribution in [2.24, 2.45) is 0 Å². The number of benzene rings is 1. The van der Waals surface area contributed by atoms with Crippen LogP contribution in [0.2, 0.25) is 0 Å². The lowest BCUT2D eigenvalue weighted by molar-refractivity contribution is -0.148. The van der Waals surface area contributed by atoms with Crippen molar-refractivity contribution in [1.82, 2.24) is 20.2 Å². The largest absolute Gasteiger partial charge is 0.381 e. The van der Waals surface area contributed by atoms with Crippen LogP contribution in [0.25, 0.3) is 22.2 Å². The number of amides is 1. The number of aromatic nitrogens is 2. The first-order chi connectivity index (χ1) is 15.2. The molecule has 1 atom stereocenters. The zero-order chi connectivity index (χ0) is 22.6. The smallest absolute Gasteiger partial charge is 0.254 e. The molecule has 4 heterocycles. The first-order valence-electron chi connectivity index (χ1n) is 11.6. The van der Waals surface area contributed by atoms with Crippen LogP contribution in [-0.4, -0.2) is 44.6 Å². The van der Waals surface area contributed by atoms with Crippen LogP contribution < -0.4 is 5.32 Å². The second kappa shape index (κ2) is 7.71. The number of nitrogens with one attached hydrogen (secondary N) is 2. The molecule has 6 heteroatoms. The molecule has 32 heavy (non-hydrogen) atoms. The summed E-state index contributed by atoms with van der Waals surface area (Å²) in [6, 6.07) is 7.10. The lowest BCUT2D eigenvalue weighted by Crippen LogP contribution is -2.47. The molecule has 2 aliphatic heterocycles. The number of H-pyrrole nitrogens is 1. The zero-order valence-electron chi connectivity index (χ0n) is 19.4. The van der Waals surface area contributed by atoms with Crippen molar-refractivity contribution in [2.45, 2.75) is 65.1 Å². The standard InChI is InChI=1S/C26H32N4O2/c1-15-16(2)29-24-20(15)12-19(13-28-24)18-10-17-7-9-30(25(31)26(3,4)32)14-22(17)21(11-18)23-6-5-8-27-23/h10-13,23,27,32H,5-9,14H2,1-4H3,(H,28,29)/t23-/m0/s1. The Bertz CT molecular complexity index is 1200. The van der Waals surface area contributed by atoms with E-state index in [0.717, 1.165) is 42.7 Å². The first-order valence-corrected chi connectivity index (χ1v) is 11.6. The van der Waals surface area contributed by atoms with Gasteiger partial charge in [-0.3, -0.25) is 4.79 Å². The lowest BCUT2D eigenvalue weighted by atomic mass is 9.86. The monoisotopic (exact) mass is 432 g/mol. The Balaban J connectivity index is 1.59. The van der Waals surface area contributed by atoms with Gasteiger partial charge in [0.2, 0.25) is 0 Å². The molecule has 0 bridgehead atoms. The molecule has 1 fully saturated rings. The second-order valence-corrected chi connectivity index (χ2v) is 9.88. The molecule has 1 amide bonds. The first kappa shape index (κ1) is 21.2. The van der Waals surface area contributed by atoms with Gasteiger partial charge in [-0.2, -0.15) is 0 Å². The third kappa shape index (κ3) is 3.61. The number of hydrogen-bond acceptors (Lipinski definition) is 4. The molecule has 0 radical (unpaired) electrons. The second-order valence-electron chi connectivity index (χ2n) is 9.88. The molecule has 1 saturated heterocycles. The van der Waals surface area contributed by atoms with Gasteiger partial charge < -0.3 is 20.3 Å². The van der Waals surface area contributed by atoms with Gasteiger partial charge in [-0.15, -0.1) is 0 Å². The Hall–Kier alpha value is -2.70. The molecule has 2 aliphatic rings. The molecule has 3 aromatic rings. The van der Waals surface area contributed by atoms with E-state index in [2.05, 4.69) is 47.3 Å². The minimum absolute atomic E-state index is 0.203. The maximum atomic E-state index is 12.8. The normalized spacial score (nSPS) is 18.9. The van der Waals surface area contributed by atoms with Crippen LogP contribution in [0.5, 0.6) is 0 Å². The fraction of sp³-hybridized carbons (Fsp3) is 0.462. The Labute approximate surface area is 189 Å². The minimum Gasteiger partial charge on any atom is -0.381 e. The highest BCUT2D eigenvalue weighted by Crippen LogP contribution is 2.36. The van der Waals surface area contributed by atoms with Crippen molar-refractivity contribution in [3.05, 3.63) is 52.3 Å². The summed E-state index contributed by atoms with van der Waals surface area (Å²) < 4.78 is 0. The topological polar surface area (TPSA) is 81.2 Å². The van der Waals surface area contributed by atoms with E-state index < -0.39 is 5.60 Å². The molecule has 6 nitrogen and oxygen atoms in total. The molecular formula is C26H32N4O2. The van der Waals surface area contributed by atoms with Crippen LogP contribution >= 0.6 is 0 Å². The summed E-state index contributed by atoms with van der Waals surface area (Å²) in [5.41, 5.74) is 8.10. The van der Waals surface area contributed by atoms with Crippen molar-refractivity contribution in [1.29, 1.82) is 0 Å². The summed E-state index contributed by atoms with van der Waals surface area (Å²) in [6.07, 6.45) is 5.01. The van der Waals surface area contributed by atoms with E-state index in [1.807, 2.05) is 6.20 Å². The third-order valence-electron chi connectivity index (χ3n) is 7.12. The number of carbonyl (C=O) groups is 1. The summed E-state index contributed by atoms with van der Waals surface area (Å²) in [4.78, 5) is 22.6. The van der Waals surface area contributed by atoms with Crippen LogP contribution in [0.15, 0.2) is 24.4 Å². The minimum atomic E-state index is -1.35. The number of aryl methyl sites for hydroxylation is 2. The van der Waals surface area contributed by atoms with Crippen LogP contribution in [0, 0.1) is 13.8 Å². The summed E-state index contributed by atoms with van der Waals surface area (Å²) in [7, 11) is 0. The molecule has 1 aromatic carbocycles. The molecule has 168 valence electrons. The highest BCUT2D eigenvalue weighted by molar-refractivity contribution is 5.86. The van der Waals surface area contributed by atoms with Gasteiger partial charge >= 0.3 is 0 Å². The van der Waals surface area contributed by atoms with Crippen LogP contribution in [0.3, 0.4) is 0 Å². The quantitative estimate of drug-likeness (QED) is 0.586. The van der Waals surface area contributed by atoms with Crippen molar-refractivity contribution in [3.8, 4) is 11.1 Å². The van der Waals surface area contributed by atoms with E-state index in [-0.39, 0.29) is 5.91 Å². The average Bonchev–Trinajstić information content (AvgIpc) is 3.40. The zero-order valence-corrected chi connectivity index (χ0v) is 19.4. The molecule has 3 N–H and O–H groups in total. The number of pyridine rings is 1. The van der Waals surface area contributed by atoms with Gasteiger partial charge in [0.15, 0.2) is 0 Å². The molecule has 0 aliphatic carbocycles. The van der Waals surface area contributed by atoms with Crippen LogP contribution in [0.4, 0.5) is 0 Å². The number of fused-ring (bicyclic) bond motifs is 2. The van der Waals surface area contributed by atoms with Gasteiger partial charge in [0.25, 0.3) is 5.91 Å². The summed E-state index contributed by atoms with van der Waals surface area (Å²) in [5, 5.41) is 15.1. The molecule has 2 aromatic heterocycles. The predicted molar refractivity (Wildman–Crippen MR) is 126 cm³/mol. The van der Waals surface area contributed by atoms with Gasteiger partial charge in [-0.05, 0) is 93.5 Å². The number of hydrogen-bond donors (Lipinski definition) is 3. The highest BCUT2D eigenvalue weighted by Gasteiger charge is 2.33. The predicted octanol–water partition coefficient (Wildman–Crippen LogP) is 3.93. The number of carbonyl (C=O) groups excluding carboxylic acids is 1. The lowest BCUT2D eigenvalue weighted by Gasteiger charge is -2.35. The number of aliphatic hydroxyl groups is 1. The molecule has 5 rings (SSSR count).